The van der Waals surface area contributed by atoms with Crippen molar-refractivity contribution in [1.29, 1.82) is 0 Å². The summed E-state index contributed by atoms with van der Waals surface area (Å²) in [6, 6.07) is 20.0. The highest BCUT2D eigenvalue weighted by atomic mass is 16.5. The summed E-state index contributed by atoms with van der Waals surface area (Å²) in [5.41, 5.74) is 5.74. The molecule has 3 N–H and O–H groups in total. The van der Waals surface area contributed by atoms with Gasteiger partial charge in [-0.1, -0.05) is 30.3 Å². The second-order valence-electron chi connectivity index (χ2n) is 9.04. The average Bonchev–Trinajstić information content (AvgIpc) is 3.30. The third-order valence-corrected chi connectivity index (χ3v) is 6.43. The third-order valence-electron chi connectivity index (χ3n) is 6.43. The Bertz CT molecular complexity index is 1500. The van der Waals surface area contributed by atoms with Gasteiger partial charge in [0.2, 0.25) is 5.91 Å². The van der Waals surface area contributed by atoms with Gasteiger partial charge in [-0.25, -0.2) is 9.78 Å². The Kier molecular flexibility index (Phi) is 6.90. The minimum Gasteiger partial charge on any atom is -0.465 e. The van der Waals surface area contributed by atoms with Crippen molar-refractivity contribution in [2.24, 2.45) is 0 Å². The maximum atomic E-state index is 13.1. The van der Waals surface area contributed by atoms with Crippen molar-refractivity contribution in [2.45, 2.75) is 12.8 Å². The summed E-state index contributed by atoms with van der Waals surface area (Å²) >= 11 is 0. The Labute approximate surface area is 219 Å². The fourth-order valence-electron chi connectivity index (χ4n) is 4.46. The lowest BCUT2D eigenvalue weighted by Gasteiger charge is -2.23. The van der Waals surface area contributed by atoms with Crippen molar-refractivity contribution in [3.8, 4) is 11.3 Å². The first-order valence-electron chi connectivity index (χ1n) is 12.2. The van der Waals surface area contributed by atoms with Crippen LogP contribution >= 0.6 is 0 Å². The van der Waals surface area contributed by atoms with E-state index < -0.39 is 5.97 Å². The maximum Gasteiger partial charge on any atom is 0.337 e. The van der Waals surface area contributed by atoms with Gasteiger partial charge in [-0.05, 0) is 42.0 Å². The van der Waals surface area contributed by atoms with Crippen LogP contribution in [-0.4, -0.2) is 53.4 Å². The summed E-state index contributed by atoms with van der Waals surface area (Å²) in [7, 11) is 3.12. The topological polar surface area (TPSA) is 116 Å². The van der Waals surface area contributed by atoms with E-state index in [1.54, 1.807) is 48.5 Å². The van der Waals surface area contributed by atoms with Crippen molar-refractivity contribution in [1.82, 2.24) is 14.9 Å². The Balaban J connectivity index is 1.40. The van der Waals surface area contributed by atoms with Crippen molar-refractivity contribution >= 4 is 35.0 Å². The molecule has 0 fully saturated rings. The largest absolute Gasteiger partial charge is 0.465 e. The van der Waals surface area contributed by atoms with Crippen molar-refractivity contribution in [3.63, 3.8) is 0 Å². The molecule has 9 heteroatoms. The number of pyridine rings is 1. The molecule has 1 aliphatic rings. The number of aromatic nitrogens is 2. The summed E-state index contributed by atoms with van der Waals surface area (Å²) in [6.07, 6.45) is 2.45. The number of anilines is 3. The normalized spacial score (nSPS) is 12.6. The maximum absolute atomic E-state index is 13.1. The molecule has 0 atom stereocenters. The molecule has 2 aromatic carbocycles. The van der Waals surface area contributed by atoms with E-state index in [2.05, 4.69) is 20.6 Å². The molecule has 0 radical (unpaired) electrons. The minimum atomic E-state index is -0.428. The van der Waals surface area contributed by atoms with Gasteiger partial charge in [-0.15, -0.1) is 0 Å². The number of carbonyl (C=O) groups is 3. The van der Waals surface area contributed by atoms with Gasteiger partial charge in [0.1, 0.15) is 5.82 Å². The second kappa shape index (κ2) is 10.6. The zero-order chi connectivity index (χ0) is 26.6. The predicted octanol–water partition coefficient (Wildman–Crippen LogP) is 4.42. The van der Waals surface area contributed by atoms with Gasteiger partial charge in [0.05, 0.1) is 36.0 Å². The standard InChI is InChI=1S/C29H27N5O4/c1-34-15-13-22-25(28(34)36)27(31-21-6-4-3-5-7-21)26(32-22)20-12-14-30-23(17-20)33-24(35)16-18-8-10-19(11-9-18)29(37)38-2/h3-12,14,17,31-32H,13,15-16H2,1-2H3,(H,30,33,35). The van der Waals surface area contributed by atoms with E-state index in [1.807, 2.05) is 36.4 Å². The number of benzene rings is 2. The molecule has 38 heavy (non-hydrogen) atoms. The molecule has 0 saturated carbocycles. The fourth-order valence-corrected chi connectivity index (χ4v) is 4.46. The average molecular weight is 510 g/mol. The van der Waals surface area contributed by atoms with Crippen LogP contribution in [0.2, 0.25) is 0 Å². The highest BCUT2D eigenvalue weighted by Gasteiger charge is 2.30. The summed E-state index contributed by atoms with van der Waals surface area (Å²) in [6.45, 7) is 0.634. The number of amides is 2. The van der Waals surface area contributed by atoms with Gasteiger partial charge >= 0.3 is 5.97 Å². The monoisotopic (exact) mass is 509 g/mol. The molecule has 0 bridgehead atoms. The number of rotatable bonds is 7. The number of esters is 1. The number of nitrogens with zero attached hydrogens (tertiary/aromatic N) is 2. The molecule has 1 aliphatic heterocycles. The molecule has 0 aliphatic carbocycles. The quantitative estimate of drug-likeness (QED) is 0.318. The van der Waals surface area contributed by atoms with Crippen molar-refractivity contribution < 1.29 is 19.1 Å². The fraction of sp³-hybridized carbons (Fsp3) is 0.172. The number of aromatic amines is 1. The number of hydrogen-bond donors (Lipinski definition) is 3. The Morgan fingerprint density at radius 2 is 1.84 bits per heavy atom. The highest BCUT2D eigenvalue weighted by molar-refractivity contribution is 6.06. The number of likely N-dealkylation sites (N-methyl/N-ethyl adjacent to an activating group) is 1. The first kappa shape index (κ1) is 24.8. The summed E-state index contributed by atoms with van der Waals surface area (Å²) in [5.74, 6) is -0.332. The number of hydrogen-bond acceptors (Lipinski definition) is 6. The van der Waals surface area contributed by atoms with Crippen LogP contribution in [-0.2, 0) is 22.4 Å². The van der Waals surface area contributed by atoms with Gasteiger partial charge in [0.25, 0.3) is 5.91 Å². The third kappa shape index (κ3) is 5.12. The lowest BCUT2D eigenvalue weighted by atomic mass is 10.0. The zero-order valence-corrected chi connectivity index (χ0v) is 21.1. The molecule has 5 rings (SSSR count). The first-order valence-corrected chi connectivity index (χ1v) is 12.2. The molecule has 2 amide bonds. The number of H-pyrrole nitrogens is 1. The number of para-hydroxylation sites is 1. The van der Waals surface area contributed by atoms with Crippen LogP contribution in [0, 0.1) is 0 Å². The van der Waals surface area contributed by atoms with E-state index >= 15 is 0 Å². The summed E-state index contributed by atoms with van der Waals surface area (Å²) in [5, 5.41) is 6.26. The molecule has 2 aromatic heterocycles. The molecule has 0 spiro atoms. The van der Waals surface area contributed by atoms with E-state index in [0.29, 0.717) is 35.6 Å². The van der Waals surface area contributed by atoms with Crippen molar-refractivity contribution in [3.05, 3.63) is 95.3 Å². The molecular formula is C29H27N5O4. The Morgan fingerprint density at radius 3 is 2.58 bits per heavy atom. The number of nitrogens with one attached hydrogen (secondary N) is 3. The lowest BCUT2D eigenvalue weighted by Crippen LogP contribution is -2.34. The van der Waals surface area contributed by atoms with Crippen LogP contribution in [0.15, 0.2) is 72.9 Å². The molecule has 4 aromatic rings. The molecule has 192 valence electrons. The smallest absolute Gasteiger partial charge is 0.337 e. The SMILES string of the molecule is COC(=O)c1ccc(CC(=O)Nc2cc(-c3[nH]c4c(c3Nc3ccccc3)C(=O)N(C)CC4)ccn2)cc1. The van der Waals surface area contributed by atoms with Gasteiger partial charge in [0, 0.05) is 43.2 Å². The number of carbonyl (C=O) groups excluding carboxylic acids is 3. The molecule has 3 heterocycles. The van der Waals surface area contributed by atoms with Gasteiger partial charge < -0.3 is 25.3 Å². The molecular weight excluding hydrogens is 482 g/mol. The Morgan fingerprint density at radius 1 is 1.08 bits per heavy atom. The van der Waals surface area contributed by atoms with Gasteiger partial charge in [-0.2, -0.15) is 0 Å². The van der Waals surface area contributed by atoms with Gasteiger partial charge in [-0.3, -0.25) is 9.59 Å². The number of fused-ring (bicyclic) bond motifs is 1. The van der Waals surface area contributed by atoms with E-state index in [0.717, 1.165) is 28.2 Å². The van der Waals surface area contributed by atoms with E-state index in [4.69, 9.17) is 4.74 Å². The van der Waals surface area contributed by atoms with Crippen LogP contribution in [0.25, 0.3) is 11.3 Å². The first-order chi connectivity index (χ1) is 18.4. The van der Waals surface area contributed by atoms with Crippen LogP contribution in [0.4, 0.5) is 17.2 Å². The van der Waals surface area contributed by atoms with E-state index in [1.165, 1.54) is 7.11 Å². The summed E-state index contributed by atoms with van der Waals surface area (Å²) < 4.78 is 4.71. The van der Waals surface area contributed by atoms with E-state index in [9.17, 15) is 14.4 Å². The number of ether oxygens (including phenoxy) is 1. The minimum absolute atomic E-state index is 0.0482. The Hall–Kier alpha value is -4.92. The van der Waals surface area contributed by atoms with E-state index in [-0.39, 0.29) is 18.2 Å². The molecule has 0 unspecified atom stereocenters. The highest BCUT2D eigenvalue weighted by Crippen LogP contribution is 2.38. The molecule has 9 nitrogen and oxygen atoms in total. The van der Waals surface area contributed by atoms with Crippen LogP contribution in [0.1, 0.15) is 32.0 Å². The van der Waals surface area contributed by atoms with Crippen LogP contribution < -0.4 is 10.6 Å². The summed E-state index contributed by atoms with van der Waals surface area (Å²) in [4.78, 5) is 46.9. The molecule has 0 saturated heterocycles. The zero-order valence-electron chi connectivity index (χ0n) is 21.1. The van der Waals surface area contributed by atoms with Crippen LogP contribution in [0.3, 0.4) is 0 Å². The van der Waals surface area contributed by atoms with Crippen molar-refractivity contribution in [2.75, 3.05) is 31.3 Å². The lowest BCUT2D eigenvalue weighted by molar-refractivity contribution is -0.115. The predicted molar refractivity (Wildman–Crippen MR) is 145 cm³/mol. The van der Waals surface area contributed by atoms with Crippen LogP contribution in [0.5, 0.6) is 0 Å². The number of methoxy groups -OCH3 is 1. The van der Waals surface area contributed by atoms with Gasteiger partial charge in [0.15, 0.2) is 0 Å². The second-order valence-corrected chi connectivity index (χ2v) is 9.04.